The molecule has 1 atom stereocenters. The second kappa shape index (κ2) is 9.66. The lowest BCUT2D eigenvalue weighted by Gasteiger charge is -2.18. The summed E-state index contributed by atoms with van der Waals surface area (Å²) in [5.74, 6) is -2.82. The average Bonchev–Trinajstić information content (AvgIpc) is 2.50. The Kier molecular flexibility index (Phi) is 7.74. The lowest BCUT2D eigenvalue weighted by molar-refractivity contribution is -0.159. The number of hydrogen-bond acceptors (Lipinski definition) is 4. The number of rotatable bonds is 4. The van der Waals surface area contributed by atoms with Crippen molar-refractivity contribution in [3.05, 3.63) is 42.2 Å². The first-order valence-electron chi connectivity index (χ1n) is 6.80. The van der Waals surface area contributed by atoms with Gasteiger partial charge in [-0.25, -0.2) is 9.59 Å². The van der Waals surface area contributed by atoms with Gasteiger partial charge in [0.1, 0.15) is 0 Å². The number of pyridine rings is 1. The van der Waals surface area contributed by atoms with Gasteiger partial charge in [0.25, 0.3) is 0 Å². The molecule has 1 aliphatic carbocycles. The number of hydrogen-bond donors (Lipinski definition) is 3. The molecule has 0 amide bonds. The summed E-state index contributed by atoms with van der Waals surface area (Å²) in [5, 5.41) is 18.3. The maximum absolute atomic E-state index is 9.10. The van der Waals surface area contributed by atoms with E-state index in [9.17, 15) is 0 Å². The Labute approximate surface area is 123 Å². The van der Waals surface area contributed by atoms with Crippen LogP contribution in [0.15, 0.2) is 36.7 Å². The average molecular weight is 292 g/mol. The van der Waals surface area contributed by atoms with Crippen LogP contribution < -0.4 is 5.32 Å². The molecule has 0 spiro atoms. The molecule has 0 saturated heterocycles. The van der Waals surface area contributed by atoms with Crippen LogP contribution in [0.1, 0.15) is 24.8 Å². The van der Waals surface area contributed by atoms with Crippen molar-refractivity contribution >= 4 is 11.9 Å². The van der Waals surface area contributed by atoms with Crippen LogP contribution in [0.25, 0.3) is 0 Å². The van der Waals surface area contributed by atoms with Gasteiger partial charge in [0.05, 0.1) is 0 Å². The predicted octanol–water partition coefficient (Wildman–Crippen LogP) is 1.68. The quantitative estimate of drug-likeness (QED) is 0.577. The number of carbonyl (C=O) groups is 2. The normalized spacial score (nSPS) is 16.7. The molecule has 0 saturated carbocycles. The highest BCUT2D eigenvalue weighted by molar-refractivity contribution is 6.27. The van der Waals surface area contributed by atoms with E-state index >= 15 is 0 Å². The summed E-state index contributed by atoms with van der Waals surface area (Å²) in [6.07, 6.45) is 12.1. The summed E-state index contributed by atoms with van der Waals surface area (Å²) in [7, 11) is 0. The Morgan fingerprint density at radius 1 is 1.29 bits per heavy atom. The van der Waals surface area contributed by atoms with Crippen molar-refractivity contribution in [2.75, 3.05) is 6.54 Å². The van der Waals surface area contributed by atoms with Crippen molar-refractivity contribution in [2.45, 2.75) is 25.8 Å². The minimum atomic E-state index is -1.82. The molecule has 3 N–H and O–H groups in total. The van der Waals surface area contributed by atoms with Crippen LogP contribution in [0.5, 0.6) is 0 Å². The van der Waals surface area contributed by atoms with E-state index < -0.39 is 11.9 Å². The molecule has 0 fully saturated rings. The zero-order chi connectivity index (χ0) is 15.5. The van der Waals surface area contributed by atoms with Gasteiger partial charge < -0.3 is 15.5 Å². The Bertz CT molecular complexity index is 462. The molecule has 0 aromatic carbocycles. The Balaban J connectivity index is 0.000000315. The number of nitrogens with zero attached hydrogens (tertiary/aromatic N) is 1. The molecule has 1 aromatic heterocycles. The SMILES string of the molecule is C1=CCC(CNCc2cccnc2)CC1.O=C(O)C(=O)O. The van der Waals surface area contributed by atoms with Crippen molar-refractivity contribution in [1.29, 1.82) is 0 Å². The first kappa shape index (κ1) is 16.8. The monoisotopic (exact) mass is 292 g/mol. The lowest BCUT2D eigenvalue weighted by atomic mass is 9.94. The number of allylic oxidation sites excluding steroid dienone is 2. The molecule has 1 unspecified atom stereocenters. The van der Waals surface area contributed by atoms with E-state index in [4.69, 9.17) is 19.8 Å². The van der Waals surface area contributed by atoms with E-state index in [1.54, 1.807) is 0 Å². The van der Waals surface area contributed by atoms with E-state index in [0.29, 0.717) is 0 Å². The van der Waals surface area contributed by atoms with Gasteiger partial charge in [-0.15, -0.1) is 0 Å². The van der Waals surface area contributed by atoms with E-state index in [-0.39, 0.29) is 0 Å². The first-order chi connectivity index (χ1) is 10.1. The van der Waals surface area contributed by atoms with Crippen LogP contribution in [0.3, 0.4) is 0 Å². The standard InChI is InChI=1S/C13H18N2.C2H2O4/c1-2-5-12(6-3-1)9-15-11-13-7-4-8-14-10-13;3-1(4)2(5)6/h1-2,4,7-8,10,12,15H,3,5-6,9,11H2;(H,3,4)(H,5,6). The van der Waals surface area contributed by atoms with E-state index in [0.717, 1.165) is 19.0 Å². The predicted molar refractivity (Wildman–Crippen MR) is 77.7 cm³/mol. The molecule has 6 heteroatoms. The van der Waals surface area contributed by atoms with Crippen LogP contribution >= 0.6 is 0 Å². The molecule has 0 radical (unpaired) electrons. The number of carboxylic acids is 2. The Morgan fingerprint density at radius 3 is 2.57 bits per heavy atom. The summed E-state index contributed by atoms with van der Waals surface area (Å²) >= 11 is 0. The van der Waals surface area contributed by atoms with Crippen LogP contribution in [0.2, 0.25) is 0 Å². The summed E-state index contributed by atoms with van der Waals surface area (Å²) in [6, 6.07) is 4.10. The summed E-state index contributed by atoms with van der Waals surface area (Å²) < 4.78 is 0. The van der Waals surface area contributed by atoms with E-state index in [1.807, 2.05) is 18.5 Å². The molecule has 2 rings (SSSR count). The number of aliphatic carboxylic acids is 2. The van der Waals surface area contributed by atoms with Crippen molar-refractivity contribution in [1.82, 2.24) is 10.3 Å². The van der Waals surface area contributed by atoms with E-state index in [2.05, 4.69) is 28.5 Å². The van der Waals surface area contributed by atoms with Crippen LogP contribution in [-0.4, -0.2) is 33.7 Å². The number of nitrogens with one attached hydrogen (secondary N) is 1. The molecular weight excluding hydrogens is 272 g/mol. The van der Waals surface area contributed by atoms with Gasteiger partial charge in [0.15, 0.2) is 0 Å². The van der Waals surface area contributed by atoms with Crippen molar-refractivity contribution in [2.24, 2.45) is 5.92 Å². The van der Waals surface area contributed by atoms with Crippen LogP contribution in [0.4, 0.5) is 0 Å². The van der Waals surface area contributed by atoms with Crippen molar-refractivity contribution < 1.29 is 19.8 Å². The smallest absolute Gasteiger partial charge is 0.414 e. The fourth-order valence-corrected chi connectivity index (χ4v) is 1.97. The van der Waals surface area contributed by atoms with Gasteiger partial charge >= 0.3 is 11.9 Å². The largest absolute Gasteiger partial charge is 0.473 e. The van der Waals surface area contributed by atoms with Crippen molar-refractivity contribution in [3.8, 4) is 0 Å². The molecule has 6 nitrogen and oxygen atoms in total. The topological polar surface area (TPSA) is 99.5 Å². The fourth-order valence-electron chi connectivity index (χ4n) is 1.97. The van der Waals surface area contributed by atoms with Gasteiger partial charge in [0, 0.05) is 18.9 Å². The molecule has 0 bridgehead atoms. The zero-order valence-electron chi connectivity index (χ0n) is 11.7. The van der Waals surface area contributed by atoms with Crippen LogP contribution in [-0.2, 0) is 16.1 Å². The molecule has 114 valence electrons. The fraction of sp³-hybridized carbons (Fsp3) is 0.400. The number of carboxylic acid groups (broad SMARTS) is 2. The summed E-state index contributed by atoms with van der Waals surface area (Å²) in [5.41, 5.74) is 1.27. The third kappa shape index (κ3) is 7.84. The van der Waals surface area contributed by atoms with Gasteiger partial charge in [-0.2, -0.15) is 0 Å². The third-order valence-corrected chi connectivity index (χ3v) is 3.05. The van der Waals surface area contributed by atoms with Crippen LogP contribution in [0, 0.1) is 5.92 Å². The maximum atomic E-state index is 9.10. The molecule has 21 heavy (non-hydrogen) atoms. The first-order valence-corrected chi connectivity index (χ1v) is 6.80. The second-order valence-corrected chi connectivity index (χ2v) is 4.75. The molecule has 0 aliphatic heterocycles. The highest BCUT2D eigenvalue weighted by Gasteiger charge is 2.08. The van der Waals surface area contributed by atoms with Gasteiger partial charge in [-0.1, -0.05) is 18.2 Å². The van der Waals surface area contributed by atoms with Crippen molar-refractivity contribution in [3.63, 3.8) is 0 Å². The second-order valence-electron chi connectivity index (χ2n) is 4.75. The molecule has 1 heterocycles. The molecule has 1 aromatic rings. The van der Waals surface area contributed by atoms with E-state index in [1.165, 1.54) is 24.8 Å². The molecule has 1 aliphatic rings. The summed E-state index contributed by atoms with van der Waals surface area (Å²) in [4.78, 5) is 22.3. The third-order valence-electron chi connectivity index (χ3n) is 3.05. The minimum absolute atomic E-state index is 0.826. The van der Waals surface area contributed by atoms with Gasteiger partial charge in [-0.05, 0) is 43.4 Å². The highest BCUT2D eigenvalue weighted by atomic mass is 16.4. The maximum Gasteiger partial charge on any atom is 0.414 e. The minimum Gasteiger partial charge on any atom is -0.473 e. The highest BCUT2D eigenvalue weighted by Crippen LogP contribution is 2.16. The lowest BCUT2D eigenvalue weighted by Crippen LogP contribution is -2.23. The Morgan fingerprint density at radius 2 is 2.05 bits per heavy atom. The van der Waals surface area contributed by atoms with Gasteiger partial charge in [0.2, 0.25) is 0 Å². The van der Waals surface area contributed by atoms with Gasteiger partial charge in [-0.3, -0.25) is 4.98 Å². The molecular formula is C15H20N2O4. The Hall–Kier alpha value is -2.21. The summed E-state index contributed by atoms with van der Waals surface area (Å²) in [6.45, 7) is 2.06. The zero-order valence-corrected chi connectivity index (χ0v) is 11.7. The number of aromatic nitrogens is 1.